The molecule has 4 nitrogen and oxygen atoms in total. The zero-order chi connectivity index (χ0) is 20.8. The number of para-hydroxylation sites is 1. The van der Waals surface area contributed by atoms with E-state index in [0.29, 0.717) is 32.2 Å². The molecule has 0 bridgehead atoms. The Kier molecular flexibility index (Phi) is 4.46. The minimum atomic E-state index is -0.263. The van der Waals surface area contributed by atoms with Crippen molar-refractivity contribution >= 4 is 51.3 Å². The molecule has 30 heavy (non-hydrogen) atoms. The van der Waals surface area contributed by atoms with E-state index in [4.69, 9.17) is 23.2 Å². The molecule has 0 saturated carbocycles. The van der Waals surface area contributed by atoms with Crippen LogP contribution in [0.3, 0.4) is 0 Å². The summed E-state index contributed by atoms with van der Waals surface area (Å²) in [5.41, 5.74) is 2.98. The van der Waals surface area contributed by atoms with E-state index in [0.717, 1.165) is 22.9 Å². The largest absolute Gasteiger partial charge is 0.315 e. The zero-order valence-corrected chi connectivity index (χ0v) is 17.1. The van der Waals surface area contributed by atoms with Gasteiger partial charge in [-0.15, -0.1) is 0 Å². The maximum atomic E-state index is 13.6. The van der Waals surface area contributed by atoms with Crippen molar-refractivity contribution < 1.29 is 4.79 Å². The number of fused-ring (bicyclic) bond motifs is 3. The van der Waals surface area contributed by atoms with E-state index in [1.807, 2.05) is 41.0 Å². The van der Waals surface area contributed by atoms with E-state index in [-0.39, 0.29) is 5.56 Å². The molecule has 3 aromatic carbocycles. The number of rotatable bonds is 3. The quantitative estimate of drug-likeness (QED) is 0.325. The minimum absolute atomic E-state index is 0.263. The Morgan fingerprint density at radius 2 is 1.37 bits per heavy atom. The summed E-state index contributed by atoms with van der Waals surface area (Å²) in [6, 6.07) is 22.0. The second kappa shape index (κ2) is 7.17. The first-order valence-electron chi connectivity index (χ1n) is 9.24. The Hall–Kier alpha value is -3.34. The van der Waals surface area contributed by atoms with Crippen molar-refractivity contribution in [1.82, 2.24) is 9.13 Å². The predicted molar refractivity (Wildman–Crippen MR) is 122 cm³/mol. The van der Waals surface area contributed by atoms with Crippen LogP contribution in [0.5, 0.6) is 0 Å². The molecule has 0 N–H and O–H groups in total. The molecule has 0 spiro atoms. The van der Waals surface area contributed by atoms with Gasteiger partial charge < -0.3 is 4.57 Å². The van der Waals surface area contributed by atoms with Gasteiger partial charge in [-0.25, -0.2) is 0 Å². The van der Waals surface area contributed by atoms with Crippen LogP contribution >= 0.6 is 23.2 Å². The second-order valence-electron chi connectivity index (χ2n) is 6.91. The number of carbonyl (C=O) groups excluding carboxylic acids is 1. The third-order valence-electron chi connectivity index (χ3n) is 5.17. The first kappa shape index (κ1) is 18.7. The van der Waals surface area contributed by atoms with E-state index < -0.39 is 0 Å². The number of aromatic nitrogens is 2. The number of pyridine rings is 1. The van der Waals surface area contributed by atoms with Crippen molar-refractivity contribution in [1.29, 1.82) is 0 Å². The molecule has 0 unspecified atom stereocenters. The van der Waals surface area contributed by atoms with Crippen LogP contribution in [-0.2, 0) is 0 Å². The van der Waals surface area contributed by atoms with E-state index >= 15 is 0 Å². The summed E-state index contributed by atoms with van der Waals surface area (Å²) in [4.78, 5) is 25.5. The van der Waals surface area contributed by atoms with Crippen LogP contribution in [0.25, 0.3) is 33.2 Å². The van der Waals surface area contributed by atoms with Crippen LogP contribution in [0.15, 0.2) is 83.8 Å². The number of benzene rings is 3. The molecule has 5 rings (SSSR count). The standard InChI is InChI=1S/C24H14Cl2N2O2/c25-16-5-9-18(10-6-16)27-13-15(14-29)22-23(27)20-3-1-2-4-21(20)28(24(22)30)19-11-7-17(26)8-12-19/h1-14H. The van der Waals surface area contributed by atoms with E-state index in [1.165, 1.54) is 0 Å². The van der Waals surface area contributed by atoms with E-state index in [9.17, 15) is 9.59 Å². The van der Waals surface area contributed by atoms with Gasteiger partial charge in [0.15, 0.2) is 6.29 Å². The third-order valence-corrected chi connectivity index (χ3v) is 5.67. The highest BCUT2D eigenvalue weighted by atomic mass is 35.5. The Bertz CT molecular complexity index is 1480. The van der Waals surface area contributed by atoms with Crippen molar-refractivity contribution in [3.8, 4) is 11.4 Å². The summed E-state index contributed by atoms with van der Waals surface area (Å²) in [7, 11) is 0. The number of halogens is 2. The zero-order valence-electron chi connectivity index (χ0n) is 15.5. The Labute approximate surface area is 181 Å². The Morgan fingerprint density at radius 1 is 0.767 bits per heavy atom. The van der Waals surface area contributed by atoms with E-state index in [1.54, 1.807) is 47.2 Å². The highest BCUT2D eigenvalue weighted by Gasteiger charge is 2.20. The molecule has 0 aliphatic heterocycles. The summed E-state index contributed by atoms with van der Waals surface area (Å²) in [6.07, 6.45) is 2.41. The van der Waals surface area contributed by atoms with Gasteiger partial charge in [0.1, 0.15) is 0 Å². The molecule has 146 valence electrons. The lowest BCUT2D eigenvalue weighted by Gasteiger charge is -2.14. The number of aldehydes is 1. The van der Waals surface area contributed by atoms with Gasteiger partial charge in [-0.3, -0.25) is 14.2 Å². The fourth-order valence-electron chi connectivity index (χ4n) is 3.85. The van der Waals surface area contributed by atoms with Gasteiger partial charge >= 0.3 is 0 Å². The van der Waals surface area contributed by atoms with Gasteiger partial charge in [-0.2, -0.15) is 0 Å². The SMILES string of the molecule is O=Cc1cn(-c2ccc(Cl)cc2)c2c1c(=O)n(-c1ccc(Cl)cc1)c1ccccc21. The predicted octanol–water partition coefficient (Wildman–Crippen LogP) is 6.05. The first-order chi connectivity index (χ1) is 14.6. The van der Waals surface area contributed by atoms with Crippen molar-refractivity contribution in [2.24, 2.45) is 0 Å². The number of carbonyl (C=O) groups is 1. The van der Waals surface area contributed by atoms with Gasteiger partial charge in [0, 0.05) is 38.6 Å². The molecule has 0 atom stereocenters. The van der Waals surface area contributed by atoms with Crippen molar-refractivity contribution in [3.05, 3.63) is 105 Å². The monoisotopic (exact) mass is 432 g/mol. The maximum Gasteiger partial charge on any atom is 0.265 e. The van der Waals surface area contributed by atoms with Gasteiger partial charge in [0.05, 0.1) is 16.4 Å². The molecular weight excluding hydrogens is 419 g/mol. The fraction of sp³-hybridized carbons (Fsp3) is 0. The Balaban J connectivity index is 1.97. The third kappa shape index (κ3) is 2.84. The summed E-state index contributed by atoms with van der Waals surface area (Å²) in [6.45, 7) is 0. The summed E-state index contributed by atoms with van der Waals surface area (Å²) >= 11 is 12.1. The highest BCUT2D eigenvalue weighted by molar-refractivity contribution is 6.30. The van der Waals surface area contributed by atoms with Crippen LogP contribution in [0.4, 0.5) is 0 Å². The van der Waals surface area contributed by atoms with Crippen LogP contribution in [0.1, 0.15) is 10.4 Å². The first-order valence-corrected chi connectivity index (χ1v) is 10.00. The topological polar surface area (TPSA) is 44.0 Å². The summed E-state index contributed by atoms with van der Waals surface area (Å²) < 4.78 is 3.48. The van der Waals surface area contributed by atoms with Gasteiger partial charge in [-0.1, -0.05) is 41.4 Å². The molecule has 0 saturated heterocycles. The van der Waals surface area contributed by atoms with E-state index in [2.05, 4.69) is 0 Å². The molecule has 2 aromatic heterocycles. The van der Waals surface area contributed by atoms with Gasteiger partial charge in [0.2, 0.25) is 0 Å². The second-order valence-corrected chi connectivity index (χ2v) is 7.78. The molecular formula is C24H14Cl2N2O2. The summed E-state index contributed by atoms with van der Waals surface area (Å²) in [5, 5.41) is 2.42. The molecule has 2 heterocycles. The maximum absolute atomic E-state index is 13.6. The van der Waals surface area contributed by atoms with Crippen LogP contribution in [0.2, 0.25) is 10.0 Å². The summed E-state index contributed by atoms with van der Waals surface area (Å²) in [5.74, 6) is 0. The minimum Gasteiger partial charge on any atom is -0.315 e. The molecule has 0 amide bonds. The van der Waals surface area contributed by atoms with Crippen molar-refractivity contribution in [2.75, 3.05) is 0 Å². The van der Waals surface area contributed by atoms with Crippen LogP contribution in [0, 0.1) is 0 Å². The van der Waals surface area contributed by atoms with Crippen LogP contribution < -0.4 is 5.56 Å². The molecule has 0 aliphatic rings. The smallest absolute Gasteiger partial charge is 0.265 e. The average molecular weight is 433 g/mol. The molecule has 5 aromatic rings. The molecule has 0 radical (unpaired) electrons. The highest BCUT2D eigenvalue weighted by Crippen LogP contribution is 2.30. The number of hydrogen-bond acceptors (Lipinski definition) is 2. The lowest BCUT2D eigenvalue weighted by atomic mass is 10.1. The number of nitrogens with zero attached hydrogens (tertiary/aromatic N) is 2. The van der Waals surface area contributed by atoms with Crippen molar-refractivity contribution in [2.45, 2.75) is 0 Å². The number of hydrogen-bond donors (Lipinski definition) is 0. The van der Waals surface area contributed by atoms with Crippen LogP contribution in [-0.4, -0.2) is 15.4 Å². The molecule has 0 aliphatic carbocycles. The van der Waals surface area contributed by atoms with Gasteiger partial charge in [-0.05, 0) is 54.6 Å². The average Bonchev–Trinajstić information content (AvgIpc) is 3.16. The lowest BCUT2D eigenvalue weighted by Crippen LogP contribution is -2.19. The fourth-order valence-corrected chi connectivity index (χ4v) is 4.10. The molecule has 6 heteroatoms. The normalized spacial score (nSPS) is 11.3. The lowest BCUT2D eigenvalue weighted by molar-refractivity contribution is 0.112. The Morgan fingerprint density at radius 3 is 2.00 bits per heavy atom. The van der Waals surface area contributed by atoms with Gasteiger partial charge in [0.25, 0.3) is 5.56 Å². The van der Waals surface area contributed by atoms with Crippen molar-refractivity contribution in [3.63, 3.8) is 0 Å². The molecule has 0 fully saturated rings.